The SMILES string of the molecule is COc1cc(/C=N/O)cc(/C=N/O)c1O. The van der Waals surface area contributed by atoms with Gasteiger partial charge in [0, 0.05) is 11.1 Å². The molecule has 0 radical (unpaired) electrons. The van der Waals surface area contributed by atoms with Crippen LogP contribution in [0, 0.1) is 0 Å². The molecular formula is C9H10N2O4. The number of ether oxygens (including phenoxy) is 1. The number of oxime groups is 2. The molecule has 6 heteroatoms. The Morgan fingerprint density at radius 1 is 1.20 bits per heavy atom. The van der Waals surface area contributed by atoms with Gasteiger partial charge in [0.15, 0.2) is 11.5 Å². The highest BCUT2D eigenvalue weighted by Gasteiger charge is 2.08. The molecule has 1 rings (SSSR count). The Balaban J connectivity index is 3.31. The maximum Gasteiger partial charge on any atom is 0.166 e. The molecule has 80 valence electrons. The van der Waals surface area contributed by atoms with Gasteiger partial charge in [0.2, 0.25) is 0 Å². The first-order valence-electron chi connectivity index (χ1n) is 3.98. The second kappa shape index (κ2) is 4.85. The molecular weight excluding hydrogens is 200 g/mol. The number of phenolic OH excluding ortho intramolecular Hbond substituents is 1. The molecule has 0 bridgehead atoms. The summed E-state index contributed by atoms with van der Waals surface area (Å²) < 4.78 is 4.88. The zero-order valence-corrected chi connectivity index (χ0v) is 7.95. The van der Waals surface area contributed by atoms with Gasteiger partial charge in [-0.1, -0.05) is 10.3 Å². The highest BCUT2D eigenvalue weighted by molar-refractivity contribution is 5.90. The fraction of sp³-hybridized carbons (Fsp3) is 0.111. The van der Waals surface area contributed by atoms with E-state index >= 15 is 0 Å². The van der Waals surface area contributed by atoms with Crippen LogP contribution in [0.15, 0.2) is 22.4 Å². The Morgan fingerprint density at radius 3 is 2.40 bits per heavy atom. The number of benzene rings is 1. The third-order valence-corrected chi connectivity index (χ3v) is 1.75. The monoisotopic (exact) mass is 210 g/mol. The molecule has 0 aliphatic rings. The maximum absolute atomic E-state index is 9.58. The number of hydrogen-bond acceptors (Lipinski definition) is 6. The molecule has 1 aromatic rings. The molecule has 15 heavy (non-hydrogen) atoms. The Hall–Kier alpha value is -2.24. The Kier molecular flexibility index (Phi) is 3.50. The molecule has 0 spiro atoms. The van der Waals surface area contributed by atoms with Crippen molar-refractivity contribution in [3.63, 3.8) is 0 Å². The van der Waals surface area contributed by atoms with Crippen molar-refractivity contribution in [2.24, 2.45) is 10.3 Å². The molecule has 0 aromatic heterocycles. The van der Waals surface area contributed by atoms with Crippen LogP contribution in [0.3, 0.4) is 0 Å². The van der Waals surface area contributed by atoms with Crippen molar-refractivity contribution in [1.29, 1.82) is 0 Å². The van der Waals surface area contributed by atoms with Crippen LogP contribution in [0.25, 0.3) is 0 Å². The first-order chi connectivity index (χ1) is 7.22. The summed E-state index contributed by atoms with van der Waals surface area (Å²) in [6.45, 7) is 0. The summed E-state index contributed by atoms with van der Waals surface area (Å²) in [5.41, 5.74) is 0.758. The second-order valence-electron chi connectivity index (χ2n) is 2.65. The smallest absolute Gasteiger partial charge is 0.166 e. The van der Waals surface area contributed by atoms with Gasteiger partial charge in [-0.3, -0.25) is 0 Å². The molecule has 1 aromatic carbocycles. The van der Waals surface area contributed by atoms with E-state index in [0.29, 0.717) is 5.56 Å². The number of methoxy groups -OCH3 is 1. The molecule has 0 amide bonds. The van der Waals surface area contributed by atoms with Gasteiger partial charge in [-0.05, 0) is 12.1 Å². The van der Waals surface area contributed by atoms with Crippen LogP contribution in [-0.2, 0) is 0 Å². The van der Waals surface area contributed by atoms with Gasteiger partial charge in [0.25, 0.3) is 0 Å². The summed E-state index contributed by atoms with van der Waals surface area (Å²) in [4.78, 5) is 0. The quantitative estimate of drug-likeness (QED) is 0.394. The fourth-order valence-corrected chi connectivity index (χ4v) is 1.11. The second-order valence-corrected chi connectivity index (χ2v) is 2.65. The molecule has 3 N–H and O–H groups in total. The van der Waals surface area contributed by atoms with E-state index in [0.717, 1.165) is 12.4 Å². The van der Waals surface area contributed by atoms with Crippen molar-refractivity contribution < 1.29 is 20.3 Å². The first-order valence-corrected chi connectivity index (χ1v) is 3.98. The third-order valence-electron chi connectivity index (χ3n) is 1.75. The summed E-state index contributed by atoms with van der Waals surface area (Å²) in [5, 5.41) is 31.9. The van der Waals surface area contributed by atoms with Crippen LogP contribution >= 0.6 is 0 Å². The van der Waals surface area contributed by atoms with E-state index in [1.165, 1.54) is 19.2 Å². The standard InChI is InChI=1S/C9H10N2O4/c1-15-8-3-6(4-10-13)2-7(5-11-14)9(8)12/h2-5,12-14H,1H3/b10-4+,11-5+. The van der Waals surface area contributed by atoms with E-state index < -0.39 is 0 Å². The minimum absolute atomic E-state index is 0.148. The number of hydrogen-bond donors (Lipinski definition) is 3. The first kappa shape index (κ1) is 10.8. The number of nitrogens with zero attached hydrogens (tertiary/aromatic N) is 2. The molecule has 0 unspecified atom stereocenters. The molecule has 0 saturated heterocycles. The Bertz CT molecular complexity index is 401. The Morgan fingerprint density at radius 2 is 1.87 bits per heavy atom. The van der Waals surface area contributed by atoms with E-state index in [-0.39, 0.29) is 17.1 Å². The average Bonchev–Trinajstić information content (AvgIpc) is 2.23. The lowest BCUT2D eigenvalue weighted by atomic mass is 10.1. The topological polar surface area (TPSA) is 94.6 Å². The third kappa shape index (κ3) is 2.37. The van der Waals surface area contributed by atoms with Crippen LogP contribution in [0.4, 0.5) is 0 Å². The predicted molar refractivity (Wildman–Crippen MR) is 53.4 cm³/mol. The van der Waals surface area contributed by atoms with E-state index in [1.54, 1.807) is 0 Å². The van der Waals surface area contributed by atoms with Crippen molar-refractivity contribution in [2.45, 2.75) is 0 Å². The maximum atomic E-state index is 9.58. The molecule has 0 heterocycles. The molecule has 0 fully saturated rings. The van der Waals surface area contributed by atoms with E-state index in [2.05, 4.69) is 10.3 Å². The van der Waals surface area contributed by atoms with E-state index in [1.807, 2.05) is 0 Å². The average molecular weight is 210 g/mol. The summed E-state index contributed by atoms with van der Waals surface area (Å²) in [5.74, 6) is 0.0488. The minimum atomic E-state index is -0.148. The fourth-order valence-electron chi connectivity index (χ4n) is 1.11. The van der Waals surface area contributed by atoms with Crippen molar-refractivity contribution in [3.05, 3.63) is 23.3 Å². The Labute approximate surface area is 85.7 Å². The van der Waals surface area contributed by atoms with Crippen molar-refractivity contribution in [1.82, 2.24) is 0 Å². The van der Waals surface area contributed by atoms with Crippen molar-refractivity contribution in [2.75, 3.05) is 7.11 Å². The molecule has 0 aliphatic heterocycles. The van der Waals surface area contributed by atoms with Crippen LogP contribution in [0.2, 0.25) is 0 Å². The molecule has 0 atom stereocenters. The summed E-state index contributed by atoms with van der Waals surface area (Å²) >= 11 is 0. The molecule has 6 nitrogen and oxygen atoms in total. The van der Waals surface area contributed by atoms with Crippen molar-refractivity contribution >= 4 is 12.4 Å². The number of phenols is 1. The lowest BCUT2D eigenvalue weighted by molar-refractivity contribution is 0.321. The lowest BCUT2D eigenvalue weighted by Crippen LogP contribution is -1.93. The van der Waals surface area contributed by atoms with Crippen LogP contribution in [0.1, 0.15) is 11.1 Å². The van der Waals surface area contributed by atoms with Gasteiger partial charge < -0.3 is 20.3 Å². The largest absolute Gasteiger partial charge is 0.504 e. The van der Waals surface area contributed by atoms with E-state index in [4.69, 9.17) is 15.2 Å². The van der Waals surface area contributed by atoms with Crippen molar-refractivity contribution in [3.8, 4) is 11.5 Å². The van der Waals surface area contributed by atoms with Gasteiger partial charge in [-0.2, -0.15) is 0 Å². The van der Waals surface area contributed by atoms with Gasteiger partial charge in [0.05, 0.1) is 19.5 Å². The minimum Gasteiger partial charge on any atom is -0.504 e. The van der Waals surface area contributed by atoms with Crippen LogP contribution in [0.5, 0.6) is 11.5 Å². The van der Waals surface area contributed by atoms with Gasteiger partial charge >= 0.3 is 0 Å². The zero-order valence-electron chi connectivity index (χ0n) is 7.95. The van der Waals surface area contributed by atoms with E-state index in [9.17, 15) is 5.11 Å². The number of aromatic hydroxyl groups is 1. The summed E-state index contributed by atoms with van der Waals surface area (Å²) in [6.07, 6.45) is 2.21. The van der Waals surface area contributed by atoms with Gasteiger partial charge in [-0.15, -0.1) is 0 Å². The van der Waals surface area contributed by atoms with Gasteiger partial charge in [0.1, 0.15) is 0 Å². The number of rotatable bonds is 3. The predicted octanol–water partition coefficient (Wildman–Crippen LogP) is 1.02. The molecule has 0 aliphatic carbocycles. The lowest BCUT2D eigenvalue weighted by Gasteiger charge is -2.06. The van der Waals surface area contributed by atoms with Crippen LogP contribution in [-0.4, -0.2) is 35.1 Å². The summed E-state index contributed by atoms with van der Waals surface area (Å²) in [6, 6.07) is 2.95. The summed E-state index contributed by atoms with van der Waals surface area (Å²) in [7, 11) is 1.38. The highest BCUT2D eigenvalue weighted by Crippen LogP contribution is 2.29. The van der Waals surface area contributed by atoms with Gasteiger partial charge in [-0.25, -0.2) is 0 Å². The zero-order chi connectivity index (χ0) is 11.3. The van der Waals surface area contributed by atoms with Crippen LogP contribution < -0.4 is 4.74 Å². The highest BCUT2D eigenvalue weighted by atomic mass is 16.5. The normalized spacial score (nSPS) is 11.3. The molecule has 0 saturated carbocycles.